The summed E-state index contributed by atoms with van der Waals surface area (Å²) in [7, 11) is -3.84. The van der Waals surface area contributed by atoms with Crippen LogP contribution in [0.3, 0.4) is 0 Å². The van der Waals surface area contributed by atoms with Crippen molar-refractivity contribution in [3.63, 3.8) is 0 Å². The average Bonchev–Trinajstić information content (AvgIpc) is 2.52. The van der Waals surface area contributed by atoms with Crippen molar-refractivity contribution in [3.8, 4) is 6.07 Å². The van der Waals surface area contributed by atoms with Gasteiger partial charge in [-0.3, -0.25) is 0 Å². The summed E-state index contributed by atoms with van der Waals surface area (Å²) in [5, 5.41) is 12.5. The number of benzene rings is 2. The van der Waals surface area contributed by atoms with Crippen LogP contribution in [0.4, 0.5) is 5.69 Å². The molecule has 0 aromatic heterocycles. The minimum absolute atomic E-state index is 0.0763. The second-order valence-electron chi connectivity index (χ2n) is 4.54. The van der Waals surface area contributed by atoms with Crippen molar-refractivity contribution in [2.75, 3.05) is 5.32 Å². The van der Waals surface area contributed by atoms with E-state index in [0.29, 0.717) is 10.7 Å². The lowest BCUT2D eigenvalue weighted by Gasteiger charge is -2.07. The number of nitrogens with one attached hydrogen (secondary N) is 1. The number of halogens is 1. The van der Waals surface area contributed by atoms with Crippen LogP contribution in [-0.4, -0.2) is 8.42 Å². The monoisotopic (exact) mass is 332 g/mol. The molecule has 0 radical (unpaired) electrons. The maximum Gasteiger partial charge on any atom is 0.218 e. The van der Waals surface area contributed by atoms with Crippen LogP contribution in [0.2, 0.25) is 5.02 Å². The quantitative estimate of drug-likeness (QED) is 0.862. The molecule has 0 bridgehead atoms. The van der Waals surface area contributed by atoms with Crippen LogP contribution in [0.5, 0.6) is 0 Å². The van der Waals surface area contributed by atoms with E-state index in [9.17, 15) is 8.42 Å². The molecule has 112 valence electrons. The standard InChI is InChI=1S/C16H13ClN2O2S/c1-12-7-8-13(17)9-16(12)19-11-15(10-18)22(20,21)14-5-3-2-4-6-14/h2-9,11,19H,1H3/b15-11+. The Kier molecular flexibility index (Phi) is 4.86. The maximum absolute atomic E-state index is 12.4. The fourth-order valence-electron chi connectivity index (χ4n) is 1.79. The number of nitrogens with zero attached hydrogens (tertiary/aromatic N) is 1. The van der Waals surface area contributed by atoms with Crippen molar-refractivity contribution in [1.29, 1.82) is 5.26 Å². The molecule has 22 heavy (non-hydrogen) atoms. The minimum atomic E-state index is -3.84. The molecule has 0 saturated heterocycles. The second-order valence-corrected chi connectivity index (χ2v) is 6.90. The van der Waals surface area contributed by atoms with Crippen LogP contribution in [-0.2, 0) is 9.84 Å². The Bertz CT molecular complexity index is 853. The molecule has 0 aliphatic heterocycles. The number of hydrogen-bond acceptors (Lipinski definition) is 4. The lowest BCUT2D eigenvalue weighted by atomic mass is 10.2. The predicted molar refractivity (Wildman–Crippen MR) is 87.1 cm³/mol. The lowest BCUT2D eigenvalue weighted by Crippen LogP contribution is -2.05. The average molecular weight is 333 g/mol. The number of nitriles is 1. The molecular weight excluding hydrogens is 320 g/mol. The molecule has 0 saturated carbocycles. The van der Waals surface area contributed by atoms with Crippen LogP contribution in [0.1, 0.15) is 5.56 Å². The van der Waals surface area contributed by atoms with Crippen molar-refractivity contribution in [3.05, 3.63) is 70.2 Å². The fraction of sp³-hybridized carbons (Fsp3) is 0.0625. The van der Waals surface area contributed by atoms with Crippen molar-refractivity contribution in [2.45, 2.75) is 11.8 Å². The zero-order valence-electron chi connectivity index (χ0n) is 11.7. The Balaban J connectivity index is 2.37. The van der Waals surface area contributed by atoms with Gasteiger partial charge in [0.2, 0.25) is 9.84 Å². The van der Waals surface area contributed by atoms with E-state index in [-0.39, 0.29) is 9.80 Å². The number of hydrogen-bond donors (Lipinski definition) is 1. The van der Waals surface area contributed by atoms with Crippen LogP contribution in [0, 0.1) is 18.3 Å². The molecule has 1 N–H and O–H groups in total. The first-order chi connectivity index (χ1) is 10.4. The Morgan fingerprint density at radius 3 is 2.55 bits per heavy atom. The van der Waals surface area contributed by atoms with Gasteiger partial charge in [0.05, 0.1) is 4.90 Å². The van der Waals surface area contributed by atoms with E-state index < -0.39 is 9.84 Å². The van der Waals surface area contributed by atoms with Crippen molar-refractivity contribution in [2.24, 2.45) is 0 Å². The molecule has 0 fully saturated rings. The summed E-state index contributed by atoms with van der Waals surface area (Å²) in [6, 6.07) is 14.7. The first kappa shape index (κ1) is 16.1. The van der Waals surface area contributed by atoms with Crippen LogP contribution < -0.4 is 5.32 Å². The van der Waals surface area contributed by atoms with Crippen LogP contribution in [0.25, 0.3) is 0 Å². The number of sulfone groups is 1. The van der Waals surface area contributed by atoms with Gasteiger partial charge in [-0.1, -0.05) is 35.9 Å². The highest BCUT2D eigenvalue weighted by Gasteiger charge is 2.20. The molecule has 0 heterocycles. The first-order valence-electron chi connectivity index (χ1n) is 6.38. The second kappa shape index (κ2) is 6.65. The molecule has 0 spiro atoms. The molecule has 0 atom stereocenters. The number of allylic oxidation sites excluding steroid dienone is 1. The highest BCUT2D eigenvalue weighted by atomic mass is 35.5. The zero-order valence-corrected chi connectivity index (χ0v) is 13.3. The van der Waals surface area contributed by atoms with E-state index in [4.69, 9.17) is 16.9 Å². The molecule has 2 aromatic carbocycles. The summed E-state index contributed by atoms with van der Waals surface area (Å²) in [4.78, 5) is -0.287. The molecule has 2 rings (SSSR count). The molecule has 0 unspecified atom stereocenters. The summed E-state index contributed by atoms with van der Waals surface area (Å²) in [5.41, 5.74) is 1.53. The molecule has 0 aliphatic rings. The Labute approximate surface area is 134 Å². The van der Waals surface area contributed by atoms with Gasteiger partial charge >= 0.3 is 0 Å². The predicted octanol–water partition coefficient (Wildman–Crippen LogP) is 3.90. The van der Waals surface area contributed by atoms with Gasteiger partial charge in [0.15, 0.2) is 4.91 Å². The third-order valence-corrected chi connectivity index (χ3v) is 4.93. The van der Waals surface area contributed by atoms with E-state index in [1.807, 2.05) is 6.92 Å². The van der Waals surface area contributed by atoms with Gasteiger partial charge in [0.25, 0.3) is 0 Å². The molecule has 6 heteroatoms. The number of rotatable bonds is 4. The highest BCUT2D eigenvalue weighted by Crippen LogP contribution is 2.22. The van der Waals surface area contributed by atoms with Crippen molar-refractivity contribution < 1.29 is 8.42 Å². The summed E-state index contributed by atoms with van der Waals surface area (Å²) in [6.07, 6.45) is 1.18. The Morgan fingerprint density at radius 2 is 1.91 bits per heavy atom. The molecule has 0 aliphatic carbocycles. The van der Waals surface area contributed by atoms with Gasteiger partial charge in [0, 0.05) is 16.9 Å². The van der Waals surface area contributed by atoms with E-state index in [0.717, 1.165) is 5.56 Å². The first-order valence-corrected chi connectivity index (χ1v) is 8.24. The normalized spacial score (nSPS) is 11.8. The summed E-state index contributed by atoms with van der Waals surface area (Å²) < 4.78 is 24.8. The highest BCUT2D eigenvalue weighted by molar-refractivity contribution is 7.95. The molecule has 0 amide bonds. The van der Waals surface area contributed by atoms with E-state index >= 15 is 0 Å². The summed E-state index contributed by atoms with van der Waals surface area (Å²) in [5.74, 6) is 0. The summed E-state index contributed by atoms with van der Waals surface area (Å²) in [6.45, 7) is 1.85. The number of aryl methyl sites for hydroxylation is 1. The van der Waals surface area contributed by atoms with Gasteiger partial charge in [-0.25, -0.2) is 8.42 Å². The van der Waals surface area contributed by atoms with Gasteiger partial charge < -0.3 is 5.32 Å². The Morgan fingerprint density at radius 1 is 1.23 bits per heavy atom. The topological polar surface area (TPSA) is 70.0 Å². The van der Waals surface area contributed by atoms with E-state index in [2.05, 4.69) is 5.32 Å². The molecular formula is C16H13ClN2O2S. The van der Waals surface area contributed by atoms with Gasteiger partial charge in [-0.2, -0.15) is 5.26 Å². The number of anilines is 1. The van der Waals surface area contributed by atoms with Crippen molar-refractivity contribution in [1.82, 2.24) is 0 Å². The third-order valence-electron chi connectivity index (χ3n) is 3.01. The smallest absolute Gasteiger partial charge is 0.218 e. The largest absolute Gasteiger partial charge is 0.360 e. The van der Waals surface area contributed by atoms with E-state index in [1.54, 1.807) is 42.5 Å². The van der Waals surface area contributed by atoms with E-state index in [1.165, 1.54) is 18.3 Å². The van der Waals surface area contributed by atoms with Gasteiger partial charge in [-0.05, 0) is 36.8 Å². The third kappa shape index (κ3) is 3.48. The van der Waals surface area contributed by atoms with Crippen LogP contribution in [0.15, 0.2) is 64.5 Å². The maximum atomic E-state index is 12.4. The lowest BCUT2D eigenvalue weighted by molar-refractivity contribution is 0.603. The van der Waals surface area contributed by atoms with Gasteiger partial charge in [0.1, 0.15) is 6.07 Å². The molecule has 2 aromatic rings. The van der Waals surface area contributed by atoms with Gasteiger partial charge in [-0.15, -0.1) is 0 Å². The minimum Gasteiger partial charge on any atom is -0.360 e. The SMILES string of the molecule is Cc1ccc(Cl)cc1N/C=C(\C#N)S(=O)(=O)c1ccccc1. The fourth-order valence-corrected chi connectivity index (χ4v) is 3.07. The Hall–Kier alpha value is -2.29. The summed E-state index contributed by atoms with van der Waals surface area (Å²) >= 11 is 5.91. The molecule has 4 nitrogen and oxygen atoms in total. The zero-order chi connectivity index (χ0) is 16.2. The van der Waals surface area contributed by atoms with Crippen molar-refractivity contribution >= 4 is 27.1 Å². The van der Waals surface area contributed by atoms with Crippen LogP contribution >= 0.6 is 11.6 Å².